The molecule has 0 aromatic heterocycles. The molecule has 0 saturated heterocycles. The molecule has 0 heterocycles. The molecule has 0 N–H and O–H groups in total. The van der Waals surface area contributed by atoms with Crippen LogP contribution in [0.1, 0.15) is 5.56 Å². The molecule has 0 spiro atoms. The Morgan fingerprint density at radius 2 is 1.28 bits per heavy atom. The zero-order chi connectivity index (χ0) is 13.2. The molecule has 0 aliphatic heterocycles. The van der Waals surface area contributed by atoms with Crippen LogP contribution in [0.15, 0.2) is 48.5 Å². The van der Waals surface area contributed by atoms with Crippen molar-refractivity contribution in [2.45, 2.75) is 6.92 Å². The Kier molecular flexibility index (Phi) is 4.24. The minimum absolute atomic E-state index is 0.809. The minimum atomic E-state index is -2.82. The van der Waals surface area contributed by atoms with Gasteiger partial charge in [-0.25, -0.2) is 0 Å². The van der Waals surface area contributed by atoms with Crippen molar-refractivity contribution in [1.29, 1.82) is 0 Å². The van der Waals surface area contributed by atoms with Gasteiger partial charge in [-0.15, -0.1) is 0 Å². The van der Waals surface area contributed by atoms with Crippen LogP contribution in [0.4, 0.5) is 0 Å². The molecule has 0 aliphatic rings. The van der Waals surface area contributed by atoms with E-state index in [0.29, 0.717) is 0 Å². The fraction of sp³-hybridized carbons (Fsp3) is 0.143. The predicted octanol–water partition coefficient (Wildman–Crippen LogP) is 3.04. The van der Waals surface area contributed by atoms with Gasteiger partial charge >= 0.3 is 119 Å². The second-order valence-electron chi connectivity index (χ2n) is 3.96. The van der Waals surface area contributed by atoms with Gasteiger partial charge in [0.15, 0.2) is 0 Å². The van der Waals surface area contributed by atoms with E-state index < -0.39 is 11.0 Å². The van der Waals surface area contributed by atoms with E-state index in [9.17, 15) is 0 Å². The number of halogens is 2. The Hall–Kier alpha value is -0.661. The van der Waals surface area contributed by atoms with E-state index in [4.69, 9.17) is 24.9 Å². The average molecular weight is 348 g/mol. The van der Waals surface area contributed by atoms with Crippen molar-refractivity contribution < 1.29 is 4.74 Å². The standard InChI is InChI=1S/C14H14Cl2OSe/c1-11-3-7-13(8-4-11)18(15,16)14-9-5-12(17-2)6-10-14/h3-10H,1-2H3. The molecule has 0 saturated carbocycles. The molecule has 1 nitrogen and oxygen atoms in total. The molecule has 2 aromatic rings. The first-order chi connectivity index (χ1) is 8.54. The van der Waals surface area contributed by atoms with E-state index in [2.05, 4.69) is 0 Å². The Bertz CT molecular complexity index is 520. The molecule has 0 unspecified atom stereocenters. The Morgan fingerprint density at radius 3 is 1.72 bits per heavy atom. The van der Waals surface area contributed by atoms with Crippen molar-refractivity contribution in [3.05, 3.63) is 54.1 Å². The van der Waals surface area contributed by atoms with Gasteiger partial charge in [0.25, 0.3) is 0 Å². The molecular formula is C14H14Cl2OSe. The first kappa shape index (κ1) is 13.8. The number of benzene rings is 2. The zero-order valence-electron chi connectivity index (χ0n) is 10.2. The molecule has 0 fully saturated rings. The van der Waals surface area contributed by atoms with Crippen molar-refractivity contribution in [2.75, 3.05) is 7.11 Å². The van der Waals surface area contributed by atoms with E-state index in [1.165, 1.54) is 5.56 Å². The van der Waals surface area contributed by atoms with Gasteiger partial charge in [-0.2, -0.15) is 0 Å². The summed E-state index contributed by atoms with van der Waals surface area (Å²) in [6.45, 7) is 2.05. The molecule has 4 heteroatoms. The van der Waals surface area contributed by atoms with E-state index in [1.807, 2.05) is 55.5 Å². The van der Waals surface area contributed by atoms with Crippen LogP contribution in [-0.2, 0) is 0 Å². The van der Waals surface area contributed by atoms with Crippen LogP contribution in [0.5, 0.6) is 5.75 Å². The number of hydrogen-bond acceptors (Lipinski definition) is 1. The maximum absolute atomic E-state index is 6.62. The molecule has 0 bridgehead atoms. The van der Waals surface area contributed by atoms with Crippen molar-refractivity contribution in [3.8, 4) is 5.75 Å². The monoisotopic (exact) mass is 348 g/mol. The van der Waals surface area contributed by atoms with Crippen molar-refractivity contribution in [3.63, 3.8) is 0 Å². The van der Waals surface area contributed by atoms with Crippen molar-refractivity contribution in [1.82, 2.24) is 0 Å². The van der Waals surface area contributed by atoms with Gasteiger partial charge in [0.2, 0.25) is 0 Å². The second-order valence-corrected chi connectivity index (χ2v) is 13.5. The topological polar surface area (TPSA) is 9.23 Å². The van der Waals surface area contributed by atoms with E-state index >= 15 is 0 Å². The van der Waals surface area contributed by atoms with Crippen molar-refractivity contribution >= 4 is 40.1 Å². The molecule has 0 atom stereocenters. The van der Waals surface area contributed by atoms with Gasteiger partial charge in [0, 0.05) is 0 Å². The Labute approximate surface area is 118 Å². The molecule has 0 amide bonds. The molecule has 96 valence electrons. The van der Waals surface area contributed by atoms with Crippen LogP contribution in [-0.4, -0.2) is 18.1 Å². The van der Waals surface area contributed by atoms with Gasteiger partial charge in [0.05, 0.1) is 0 Å². The summed E-state index contributed by atoms with van der Waals surface area (Å²) in [6, 6.07) is 15.8. The van der Waals surface area contributed by atoms with Crippen LogP contribution in [0, 0.1) is 6.92 Å². The van der Waals surface area contributed by atoms with E-state index in [1.54, 1.807) is 7.11 Å². The van der Waals surface area contributed by atoms with Gasteiger partial charge in [-0.05, 0) is 0 Å². The third-order valence-corrected chi connectivity index (χ3v) is 10.0. The quantitative estimate of drug-likeness (QED) is 0.775. The van der Waals surface area contributed by atoms with Crippen LogP contribution < -0.4 is 13.7 Å². The fourth-order valence-electron chi connectivity index (χ4n) is 1.59. The summed E-state index contributed by atoms with van der Waals surface area (Å²) in [5, 5.41) is 0. The summed E-state index contributed by atoms with van der Waals surface area (Å²) in [7, 11) is 14.9. The van der Waals surface area contributed by atoms with Crippen molar-refractivity contribution in [2.24, 2.45) is 0 Å². The SMILES string of the molecule is COc1ccc([Se](Cl)(Cl)c2ccc(C)cc2)cc1. The average Bonchev–Trinajstić information content (AvgIpc) is 2.39. The van der Waals surface area contributed by atoms with Gasteiger partial charge in [-0.3, -0.25) is 0 Å². The van der Waals surface area contributed by atoms with E-state index in [0.717, 1.165) is 14.7 Å². The third kappa shape index (κ3) is 2.84. The third-order valence-electron chi connectivity index (χ3n) is 2.67. The second kappa shape index (κ2) is 5.54. The molecule has 0 aliphatic carbocycles. The van der Waals surface area contributed by atoms with Gasteiger partial charge in [-0.1, -0.05) is 0 Å². The molecule has 0 radical (unpaired) electrons. The summed E-state index contributed by atoms with van der Waals surface area (Å²) < 4.78 is 7.14. The molecular weight excluding hydrogens is 334 g/mol. The van der Waals surface area contributed by atoms with Crippen LogP contribution in [0.2, 0.25) is 0 Å². The van der Waals surface area contributed by atoms with Gasteiger partial charge in [0.1, 0.15) is 0 Å². The summed E-state index contributed by atoms with van der Waals surface area (Å²) in [4.78, 5) is 0. The van der Waals surface area contributed by atoms with Crippen LogP contribution in [0.25, 0.3) is 0 Å². The molecule has 2 aromatic carbocycles. The summed E-state index contributed by atoms with van der Waals surface area (Å²) in [5.41, 5.74) is 1.20. The van der Waals surface area contributed by atoms with Gasteiger partial charge < -0.3 is 0 Å². The van der Waals surface area contributed by atoms with Crippen LogP contribution in [0.3, 0.4) is 0 Å². The summed E-state index contributed by atoms with van der Waals surface area (Å²) in [6.07, 6.45) is 0. The normalized spacial score (nSPS) is 12.2. The summed E-state index contributed by atoms with van der Waals surface area (Å²) in [5.74, 6) is 0.809. The molecule has 18 heavy (non-hydrogen) atoms. The predicted molar refractivity (Wildman–Crippen MR) is 80.9 cm³/mol. The fourth-order valence-corrected chi connectivity index (χ4v) is 6.31. The Balaban J connectivity index is 2.37. The maximum atomic E-state index is 6.62. The Morgan fingerprint density at radius 1 is 0.833 bits per heavy atom. The van der Waals surface area contributed by atoms with Crippen LogP contribution >= 0.6 is 20.2 Å². The number of hydrogen-bond donors (Lipinski definition) is 0. The summed E-state index contributed by atoms with van der Waals surface area (Å²) >= 11 is -2.82. The number of methoxy groups -OCH3 is 1. The number of rotatable bonds is 3. The first-order valence-electron chi connectivity index (χ1n) is 5.47. The van der Waals surface area contributed by atoms with E-state index in [-0.39, 0.29) is 0 Å². The zero-order valence-corrected chi connectivity index (χ0v) is 13.4. The number of aryl methyl sites for hydroxylation is 1. The number of ether oxygens (including phenoxy) is 1. The molecule has 2 rings (SSSR count). The first-order valence-corrected chi connectivity index (χ1v) is 11.7.